The van der Waals surface area contributed by atoms with Gasteiger partial charge in [0.1, 0.15) is 11.6 Å². The molecule has 3 atom stereocenters. The standard InChI is InChI=1S/C16H23FN2O/c1-20-15-4-2-3-13(17)16(15)14(18)7-8-19-10-11-5-6-12(19)9-11/h2-4,11-12,14H,5-10,18H2,1H3. The van der Waals surface area contributed by atoms with Gasteiger partial charge in [-0.3, -0.25) is 0 Å². The lowest BCUT2D eigenvalue weighted by molar-refractivity contribution is 0.206. The van der Waals surface area contributed by atoms with E-state index in [1.165, 1.54) is 31.9 Å². The summed E-state index contributed by atoms with van der Waals surface area (Å²) in [5.74, 6) is 1.18. The van der Waals surface area contributed by atoms with E-state index in [1.54, 1.807) is 19.2 Å². The third-order valence-corrected chi connectivity index (χ3v) is 4.85. The van der Waals surface area contributed by atoms with Gasteiger partial charge in [-0.05, 0) is 43.7 Å². The van der Waals surface area contributed by atoms with E-state index in [0.717, 1.165) is 24.9 Å². The molecule has 4 heteroatoms. The number of ether oxygens (including phenoxy) is 1. The summed E-state index contributed by atoms with van der Waals surface area (Å²) in [6, 6.07) is 5.33. The smallest absolute Gasteiger partial charge is 0.131 e. The number of nitrogens with zero attached hydrogens (tertiary/aromatic N) is 1. The molecule has 1 saturated heterocycles. The summed E-state index contributed by atoms with van der Waals surface area (Å²) in [5, 5.41) is 0. The van der Waals surface area contributed by atoms with Crippen LogP contribution in [0.3, 0.4) is 0 Å². The van der Waals surface area contributed by atoms with Crippen molar-refractivity contribution in [2.75, 3.05) is 20.2 Å². The highest BCUT2D eigenvalue weighted by molar-refractivity contribution is 5.37. The van der Waals surface area contributed by atoms with Gasteiger partial charge < -0.3 is 15.4 Å². The van der Waals surface area contributed by atoms with Crippen LogP contribution in [0.5, 0.6) is 5.75 Å². The van der Waals surface area contributed by atoms with Gasteiger partial charge in [0.2, 0.25) is 0 Å². The Balaban J connectivity index is 1.63. The van der Waals surface area contributed by atoms with Gasteiger partial charge in [0.05, 0.1) is 7.11 Å². The van der Waals surface area contributed by atoms with Crippen LogP contribution in [0.2, 0.25) is 0 Å². The number of methoxy groups -OCH3 is 1. The molecule has 2 fully saturated rings. The van der Waals surface area contributed by atoms with E-state index in [0.29, 0.717) is 11.3 Å². The van der Waals surface area contributed by atoms with Gasteiger partial charge in [-0.15, -0.1) is 0 Å². The second-order valence-electron chi connectivity index (χ2n) is 6.08. The van der Waals surface area contributed by atoms with Gasteiger partial charge in [0, 0.05) is 30.7 Å². The van der Waals surface area contributed by atoms with E-state index < -0.39 is 0 Å². The predicted octanol–water partition coefficient (Wildman–Crippen LogP) is 2.71. The van der Waals surface area contributed by atoms with E-state index in [2.05, 4.69) is 4.90 Å². The summed E-state index contributed by atoms with van der Waals surface area (Å²) in [6.07, 6.45) is 4.83. The molecule has 3 unspecified atom stereocenters. The first-order valence-electron chi connectivity index (χ1n) is 7.51. The average Bonchev–Trinajstić information content (AvgIpc) is 3.06. The number of benzene rings is 1. The van der Waals surface area contributed by atoms with Gasteiger partial charge in [-0.1, -0.05) is 6.07 Å². The number of nitrogens with two attached hydrogens (primary N) is 1. The Morgan fingerprint density at radius 1 is 1.45 bits per heavy atom. The highest BCUT2D eigenvalue weighted by Gasteiger charge is 2.37. The first kappa shape index (κ1) is 13.8. The van der Waals surface area contributed by atoms with Crippen molar-refractivity contribution in [2.24, 2.45) is 11.7 Å². The maximum absolute atomic E-state index is 14.0. The SMILES string of the molecule is COc1cccc(F)c1C(N)CCN1CC2CCC1C2. The molecule has 0 aromatic heterocycles. The Hall–Kier alpha value is -1.13. The summed E-state index contributed by atoms with van der Waals surface area (Å²) in [4.78, 5) is 2.53. The van der Waals surface area contributed by atoms with Crippen LogP contribution in [-0.2, 0) is 0 Å². The number of likely N-dealkylation sites (tertiary alicyclic amines) is 1. The number of hydrogen-bond acceptors (Lipinski definition) is 3. The number of fused-ring (bicyclic) bond motifs is 2. The number of hydrogen-bond donors (Lipinski definition) is 1. The highest BCUT2D eigenvalue weighted by Crippen LogP contribution is 2.38. The maximum Gasteiger partial charge on any atom is 0.131 e. The fourth-order valence-electron chi connectivity index (χ4n) is 3.80. The topological polar surface area (TPSA) is 38.5 Å². The van der Waals surface area contributed by atoms with Crippen LogP contribution in [-0.4, -0.2) is 31.1 Å². The van der Waals surface area contributed by atoms with Crippen molar-refractivity contribution in [1.29, 1.82) is 0 Å². The lowest BCUT2D eigenvalue weighted by Crippen LogP contribution is -2.34. The van der Waals surface area contributed by atoms with Gasteiger partial charge in [0.15, 0.2) is 0 Å². The number of piperidine rings is 1. The minimum atomic E-state index is -0.301. The lowest BCUT2D eigenvalue weighted by atomic mass is 10.0. The maximum atomic E-state index is 14.0. The molecule has 2 aliphatic rings. The fourth-order valence-corrected chi connectivity index (χ4v) is 3.80. The van der Waals surface area contributed by atoms with Gasteiger partial charge in [0.25, 0.3) is 0 Å². The summed E-state index contributed by atoms with van der Waals surface area (Å²) < 4.78 is 19.2. The zero-order valence-corrected chi connectivity index (χ0v) is 12.0. The normalized spacial score (nSPS) is 26.9. The van der Waals surface area contributed by atoms with Crippen molar-refractivity contribution in [2.45, 2.75) is 37.8 Å². The summed E-state index contributed by atoms with van der Waals surface area (Å²) in [7, 11) is 1.56. The molecule has 3 nitrogen and oxygen atoms in total. The number of rotatable bonds is 5. The van der Waals surface area contributed by atoms with Crippen LogP contribution in [0.15, 0.2) is 18.2 Å². The molecule has 1 aromatic rings. The van der Waals surface area contributed by atoms with Crippen molar-refractivity contribution in [3.05, 3.63) is 29.6 Å². The molecule has 1 aromatic carbocycles. The highest BCUT2D eigenvalue weighted by atomic mass is 19.1. The Bertz CT molecular complexity index is 480. The lowest BCUT2D eigenvalue weighted by Gasteiger charge is -2.28. The molecular weight excluding hydrogens is 255 g/mol. The Kier molecular flexibility index (Phi) is 3.94. The molecular formula is C16H23FN2O. The van der Waals surface area contributed by atoms with Crippen LogP contribution in [0.4, 0.5) is 4.39 Å². The quantitative estimate of drug-likeness (QED) is 0.900. The Morgan fingerprint density at radius 2 is 2.30 bits per heavy atom. The molecule has 1 saturated carbocycles. The van der Waals surface area contributed by atoms with Crippen molar-refractivity contribution in [1.82, 2.24) is 4.90 Å². The first-order valence-corrected chi connectivity index (χ1v) is 7.51. The van der Waals surface area contributed by atoms with Crippen molar-refractivity contribution in [3.63, 3.8) is 0 Å². The molecule has 20 heavy (non-hydrogen) atoms. The van der Waals surface area contributed by atoms with Crippen LogP contribution in [0.25, 0.3) is 0 Å². The van der Waals surface area contributed by atoms with Crippen LogP contribution in [0.1, 0.15) is 37.3 Å². The van der Waals surface area contributed by atoms with Gasteiger partial charge in [-0.25, -0.2) is 4.39 Å². The van der Waals surface area contributed by atoms with Crippen LogP contribution in [0, 0.1) is 11.7 Å². The molecule has 1 heterocycles. The van der Waals surface area contributed by atoms with Gasteiger partial charge in [-0.2, -0.15) is 0 Å². The van der Waals surface area contributed by atoms with Gasteiger partial charge >= 0.3 is 0 Å². The Morgan fingerprint density at radius 3 is 2.95 bits per heavy atom. The fraction of sp³-hybridized carbons (Fsp3) is 0.625. The van der Waals surface area contributed by atoms with E-state index in [9.17, 15) is 4.39 Å². The average molecular weight is 278 g/mol. The molecule has 2 N–H and O–H groups in total. The monoisotopic (exact) mass is 278 g/mol. The molecule has 1 aliphatic heterocycles. The first-order chi connectivity index (χ1) is 9.69. The third-order valence-electron chi connectivity index (χ3n) is 4.85. The molecule has 0 amide bonds. The summed E-state index contributed by atoms with van der Waals surface area (Å²) in [5.41, 5.74) is 6.72. The third kappa shape index (κ3) is 2.54. The van der Waals surface area contributed by atoms with E-state index >= 15 is 0 Å². The van der Waals surface area contributed by atoms with Crippen molar-refractivity contribution in [3.8, 4) is 5.75 Å². The van der Waals surface area contributed by atoms with E-state index in [4.69, 9.17) is 10.5 Å². The molecule has 3 rings (SSSR count). The van der Waals surface area contributed by atoms with Crippen LogP contribution < -0.4 is 10.5 Å². The number of halogens is 1. The zero-order chi connectivity index (χ0) is 14.1. The summed E-state index contributed by atoms with van der Waals surface area (Å²) in [6.45, 7) is 2.16. The van der Waals surface area contributed by atoms with Crippen molar-refractivity contribution >= 4 is 0 Å². The molecule has 0 spiro atoms. The molecule has 1 aliphatic carbocycles. The summed E-state index contributed by atoms with van der Waals surface area (Å²) >= 11 is 0. The van der Waals surface area contributed by atoms with Crippen molar-refractivity contribution < 1.29 is 9.13 Å². The zero-order valence-electron chi connectivity index (χ0n) is 12.0. The van der Waals surface area contributed by atoms with Crippen LogP contribution >= 0.6 is 0 Å². The second-order valence-corrected chi connectivity index (χ2v) is 6.08. The Labute approximate surface area is 119 Å². The molecule has 0 radical (unpaired) electrons. The predicted molar refractivity (Wildman–Crippen MR) is 77.2 cm³/mol. The largest absolute Gasteiger partial charge is 0.496 e. The minimum absolute atomic E-state index is 0.264. The second kappa shape index (κ2) is 5.70. The van der Waals surface area contributed by atoms with E-state index in [-0.39, 0.29) is 11.9 Å². The van der Waals surface area contributed by atoms with E-state index in [1.807, 2.05) is 0 Å². The molecule has 110 valence electrons. The minimum Gasteiger partial charge on any atom is -0.496 e. The molecule has 2 bridgehead atoms.